The second-order valence-electron chi connectivity index (χ2n) is 7.76. The standard InChI is InChI=1S/C20H24N4O3S/c1-12(2)28(26,27)15-7-5-14(6-8-15)16-10-21-20-19(24-16)17(11-22-20)23-18(25)9-13-3-4-13/h5-8,10,12-13,17H,3-4,9,11H2,1-2H3,(H,21,22)(H,23,25). The highest BCUT2D eigenvalue weighted by Crippen LogP contribution is 2.33. The minimum Gasteiger partial charge on any atom is -0.366 e. The summed E-state index contributed by atoms with van der Waals surface area (Å²) in [5, 5.41) is 5.75. The summed E-state index contributed by atoms with van der Waals surface area (Å²) in [4.78, 5) is 21.6. The molecule has 4 rings (SSSR count). The lowest BCUT2D eigenvalue weighted by Gasteiger charge is -2.13. The second kappa shape index (κ2) is 7.16. The summed E-state index contributed by atoms with van der Waals surface area (Å²) in [5.41, 5.74) is 2.16. The molecule has 1 aromatic carbocycles. The van der Waals surface area contributed by atoms with Gasteiger partial charge in [-0.2, -0.15) is 0 Å². The fraction of sp³-hybridized carbons (Fsp3) is 0.450. The van der Waals surface area contributed by atoms with Gasteiger partial charge in [0.2, 0.25) is 5.91 Å². The van der Waals surface area contributed by atoms with E-state index < -0.39 is 15.1 Å². The van der Waals surface area contributed by atoms with Gasteiger partial charge in [-0.3, -0.25) is 4.79 Å². The number of hydrogen-bond acceptors (Lipinski definition) is 6. The molecule has 1 saturated carbocycles. The van der Waals surface area contributed by atoms with E-state index in [1.165, 1.54) is 0 Å². The molecule has 0 spiro atoms. The van der Waals surface area contributed by atoms with Crippen LogP contribution < -0.4 is 10.6 Å². The van der Waals surface area contributed by atoms with Gasteiger partial charge in [-0.1, -0.05) is 12.1 Å². The first-order valence-electron chi connectivity index (χ1n) is 9.59. The Morgan fingerprint density at radius 2 is 1.96 bits per heavy atom. The van der Waals surface area contributed by atoms with E-state index in [-0.39, 0.29) is 11.9 Å². The van der Waals surface area contributed by atoms with E-state index in [1.54, 1.807) is 44.3 Å². The number of amides is 1. The molecule has 2 heterocycles. The number of carbonyl (C=O) groups excluding carboxylic acids is 1. The fourth-order valence-electron chi connectivity index (χ4n) is 3.26. The number of nitrogens with one attached hydrogen (secondary N) is 2. The number of aromatic nitrogens is 2. The Kier molecular flexibility index (Phi) is 4.82. The zero-order chi connectivity index (χ0) is 19.9. The molecule has 148 valence electrons. The summed E-state index contributed by atoms with van der Waals surface area (Å²) in [6.45, 7) is 3.90. The van der Waals surface area contributed by atoms with Crippen LogP contribution in [0, 0.1) is 5.92 Å². The van der Waals surface area contributed by atoms with Crippen molar-refractivity contribution >= 4 is 21.6 Å². The minimum atomic E-state index is -3.31. The number of fused-ring (bicyclic) bond motifs is 1. The highest BCUT2D eigenvalue weighted by molar-refractivity contribution is 7.92. The molecule has 0 radical (unpaired) electrons. The van der Waals surface area contributed by atoms with Crippen molar-refractivity contribution in [3.8, 4) is 11.3 Å². The molecule has 1 atom stereocenters. The van der Waals surface area contributed by atoms with Crippen molar-refractivity contribution in [3.63, 3.8) is 0 Å². The van der Waals surface area contributed by atoms with Crippen LogP contribution in [0.1, 0.15) is 44.8 Å². The zero-order valence-corrected chi connectivity index (χ0v) is 16.8. The lowest BCUT2D eigenvalue weighted by Crippen LogP contribution is -2.30. The van der Waals surface area contributed by atoms with E-state index in [0.29, 0.717) is 35.3 Å². The van der Waals surface area contributed by atoms with Crippen molar-refractivity contribution in [2.24, 2.45) is 5.92 Å². The van der Waals surface area contributed by atoms with Gasteiger partial charge in [0.05, 0.1) is 28.1 Å². The van der Waals surface area contributed by atoms with E-state index in [4.69, 9.17) is 4.98 Å². The maximum Gasteiger partial charge on any atom is 0.220 e. The van der Waals surface area contributed by atoms with Gasteiger partial charge in [0.15, 0.2) is 9.84 Å². The Balaban J connectivity index is 1.55. The van der Waals surface area contributed by atoms with E-state index in [9.17, 15) is 13.2 Å². The summed E-state index contributed by atoms with van der Waals surface area (Å²) >= 11 is 0. The normalized spacial score (nSPS) is 18.6. The van der Waals surface area contributed by atoms with Gasteiger partial charge in [-0.05, 0) is 44.7 Å². The molecule has 0 saturated heterocycles. The summed E-state index contributed by atoms with van der Waals surface area (Å²) in [6.07, 6.45) is 4.51. The number of rotatable bonds is 6. The number of nitrogens with zero attached hydrogens (tertiary/aromatic N) is 2. The van der Waals surface area contributed by atoms with Crippen LogP contribution in [0.2, 0.25) is 0 Å². The maximum atomic E-state index is 12.3. The van der Waals surface area contributed by atoms with E-state index >= 15 is 0 Å². The van der Waals surface area contributed by atoms with Gasteiger partial charge in [0.25, 0.3) is 0 Å². The number of hydrogen-bond donors (Lipinski definition) is 2. The summed E-state index contributed by atoms with van der Waals surface area (Å²) < 4.78 is 24.6. The molecule has 2 N–H and O–H groups in total. The number of benzene rings is 1. The molecular weight excluding hydrogens is 376 g/mol. The number of sulfone groups is 1. The Hall–Kier alpha value is -2.48. The molecular formula is C20H24N4O3S. The predicted octanol–water partition coefficient (Wildman–Crippen LogP) is 2.71. The van der Waals surface area contributed by atoms with Crippen LogP contribution in [0.3, 0.4) is 0 Å². The lowest BCUT2D eigenvalue weighted by molar-refractivity contribution is -0.122. The molecule has 7 nitrogen and oxygen atoms in total. The van der Waals surface area contributed by atoms with Crippen LogP contribution in [0.25, 0.3) is 11.3 Å². The molecule has 28 heavy (non-hydrogen) atoms. The third-order valence-corrected chi connectivity index (χ3v) is 7.38. The summed E-state index contributed by atoms with van der Waals surface area (Å²) in [6, 6.07) is 6.50. The monoisotopic (exact) mass is 400 g/mol. The minimum absolute atomic E-state index is 0.0533. The quantitative estimate of drug-likeness (QED) is 0.773. The highest BCUT2D eigenvalue weighted by Gasteiger charge is 2.30. The van der Waals surface area contributed by atoms with Crippen LogP contribution in [-0.4, -0.2) is 36.1 Å². The van der Waals surface area contributed by atoms with Crippen LogP contribution >= 0.6 is 0 Å². The van der Waals surface area contributed by atoms with Gasteiger partial charge < -0.3 is 10.6 Å². The molecule has 1 fully saturated rings. The third-order valence-electron chi connectivity index (χ3n) is 5.21. The molecule has 2 aromatic rings. The summed E-state index contributed by atoms with van der Waals surface area (Å²) in [7, 11) is -3.31. The van der Waals surface area contributed by atoms with Gasteiger partial charge in [-0.15, -0.1) is 0 Å². The van der Waals surface area contributed by atoms with Crippen LogP contribution in [-0.2, 0) is 14.6 Å². The first-order valence-corrected chi connectivity index (χ1v) is 11.1. The Labute approximate surface area is 164 Å². The average Bonchev–Trinajstić information content (AvgIpc) is 3.40. The predicted molar refractivity (Wildman–Crippen MR) is 107 cm³/mol. The van der Waals surface area contributed by atoms with Crippen LogP contribution in [0.15, 0.2) is 35.4 Å². The molecule has 0 bridgehead atoms. The Morgan fingerprint density at radius 3 is 2.61 bits per heavy atom. The SMILES string of the molecule is CC(C)S(=O)(=O)c1ccc(-c2cnc3c(n2)C(NC(=O)CC2CC2)CN3)cc1. The molecule has 2 aliphatic rings. The van der Waals surface area contributed by atoms with E-state index in [2.05, 4.69) is 15.6 Å². The Morgan fingerprint density at radius 1 is 1.25 bits per heavy atom. The number of anilines is 1. The van der Waals surface area contributed by atoms with Crippen LogP contribution in [0.4, 0.5) is 5.82 Å². The molecule has 1 aromatic heterocycles. The van der Waals surface area contributed by atoms with Gasteiger partial charge in [0, 0.05) is 18.5 Å². The topological polar surface area (TPSA) is 101 Å². The van der Waals surface area contributed by atoms with Crippen molar-refractivity contribution in [3.05, 3.63) is 36.2 Å². The van der Waals surface area contributed by atoms with E-state index in [1.807, 2.05) is 0 Å². The maximum absolute atomic E-state index is 12.3. The largest absolute Gasteiger partial charge is 0.366 e. The Bertz CT molecular complexity index is 999. The molecule has 1 aliphatic heterocycles. The first-order chi connectivity index (χ1) is 13.3. The van der Waals surface area contributed by atoms with Crippen molar-refractivity contribution < 1.29 is 13.2 Å². The summed E-state index contributed by atoms with van der Waals surface area (Å²) in [5.74, 6) is 1.27. The van der Waals surface area contributed by atoms with E-state index in [0.717, 1.165) is 24.1 Å². The lowest BCUT2D eigenvalue weighted by atomic mass is 10.1. The molecule has 1 amide bonds. The fourth-order valence-corrected chi connectivity index (χ4v) is 4.32. The molecule has 1 unspecified atom stereocenters. The number of carbonyl (C=O) groups is 1. The van der Waals surface area contributed by atoms with Crippen molar-refractivity contribution in [2.45, 2.75) is 49.3 Å². The zero-order valence-electron chi connectivity index (χ0n) is 16.0. The second-order valence-corrected chi connectivity index (χ2v) is 10.3. The van der Waals surface area contributed by atoms with Gasteiger partial charge >= 0.3 is 0 Å². The van der Waals surface area contributed by atoms with Gasteiger partial charge in [-0.25, -0.2) is 18.4 Å². The first kappa shape index (κ1) is 18.9. The van der Waals surface area contributed by atoms with Crippen molar-refractivity contribution in [2.75, 3.05) is 11.9 Å². The van der Waals surface area contributed by atoms with Crippen molar-refractivity contribution in [1.82, 2.24) is 15.3 Å². The smallest absolute Gasteiger partial charge is 0.220 e. The molecule has 1 aliphatic carbocycles. The van der Waals surface area contributed by atoms with Crippen molar-refractivity contribution in [1.29, 1.82) is 0 Å². The third kappa shape index (κ3) is 3.73. The van der Waals surface area contributed by atoms with Crippen LogP contribution in [0.5, 0.6) is 0 Å². The average molecular weight is 401 g/mol. The van der Waals surface area contributed by atoms with Gasteiger partial charge in [0.1, 0.15) is 11.5 Å². The molecule has 8 heteroatoms. The highest BCUT2D eigenvalue weighted by atomic mass is 32.2.